The van der Waals surface area contributed by atoms with E-state index in [1.165, 1.54) is 30.9 Å². The summed E-state index contributed by atoms with van der Waals surface area (Å²) in [5.74, 6) is -6.26. The molecular formula is C34H38N2O7. The minimum absolute atomic E-state index is 0.106. The fraction of sp³-hybridized carbons (Fsp3) is 0.441. The van der Waals surface area contributed by atoms with Crippen molar-refractivity contribution in [1.82, 2.24) is 4.90 Å². The Morgan fingerprint density at radius 3 is 2.47 bits per heavy atom. The van der Waals surface area contributed by atoms with Crippen LogP contribution in [0.5, 0.6) is 5.75 Å². The molecule has 9 heteroatoms. The molecule has 0 spiro atoms. The molecule has 6 N–H and O–H groups in total. The number of aryl methyl sites for hydroxylation is 1. The first-order valence-corrected chi connectivity index (χ1v) is 15.2. The molecule has 4 aliphatic rings. The number of hydrogen-bond donors (Lipinski definition) is 5. The monoisotopic (exact) mass is 586 g/mol. The summed E-state index contributed by atoms with van der Waals surface area (Å²) >= 11 is 0. The van der Waals surface area contributed by atoms with Crippen molar-refractivity contribution in [1.29, 1.82) is 0 Å². The second-order valence-corrected chi connectivity index (χ2v) is 12.5. The van der Waals surface area contributed by atoms with Gasteiger partial charge in [0.05, 0.1) is 5.56 Å². The molecule has 226 valence electrons. The van der Waals surface area contributed by atoms with E-state index in [1.54, 1.807) is 0 Å². The average Bonchev–Trinajstić information content (AvgIpc) is 2.96. The SMILES string of the molecule is CCCc1ccc(CN2CCCCC2)cc1-c1ccc(O)c2c1C[C@H]1C[C@H]3CC(=O)C(C(N)=O)=C(O)[C@@]3(O)C(=O)C1=C2O. The second-order valence-electron chi connectivity index (χ2n) is 12.5. The van der Waals surface area contributed by atoms with Crippen LogP contribution in [0.15, 0.2) is 47.2 Å². The van der Waals surface area contributed by atoms with Crippen molar-refractivity contribution in [2.75, 3.05) is 13.1 Å². The molecule has 1 saturated heterocycles. The topological polar surface area (TPSA) is 161 Å². The number of piperidine rings is 1. The number of carbonyl (C=O) groups is 3. The highest BCUT2D eigenvalue weighted by molar-refractivity contribution is 6.22. The van der Waals surface area contributed by atoms with Crippen molar-refractivity contribution in [3.8, 4) is 16.9 Å². The van der Waals surface area contributed by atoms with Crippen LogP contribution in [0.4, 0.5) is 0 Å². The van der Waals surface area contributed by atoms with Crippen LogP contribution in [-0.2, 0) is 33.8 Å². The zero-order valence-corrected chi connectivity index (χ0v) is 24.4. The van der Waals surface area contributed by atoms with Gasteiger partial charge in [0.1, 0.15) is 22.8 Å². The minimum Gasteiger partial charge on any atom is -0.508 e. The van der Waals surface area contributed by atoms with Gasteiger partial charge in [0, 0.05) is 24.5 Å². The van der Waals surface area contributed by atoms with E-state index in [-0.39, 0.29) is 36.1 Å². The third-order valence-electron chi connectivity index (χ3n) is 9.79. The van der Waals surface area contributed by atoms with E-state index in [0.29, 0.717) is 5.56 Å². The summed E-state index contributed by atoms with van der Waals surface area (Å²) in [6.07, 6.45) is 5.47. The van der Waals surface area contributed by atoms with Gasteiger partial charge in [-0.25, -0.2) is 0 Å². The Kier molecular flexibility index (Phi) is 7.42. The van der Waals surface area contributed by atoms with Crippen molar-refractivity contribution in [3.63, 3.8) is 0 Å². The molecule has 1 heterocycles. The highest BCUT2D eigenvalue weighted by atomic mass is 16.3. The molecule has 6 rings (SSSR count). The summed E-state index contributed by atoms with van der Waals surface area (Å²) in [6.45, 7) is 5.09. The predicted octanol–water partition coefficient (Wildman–Crippen LogP) is 4.03. The number of hydrogen-bond acceptors (Lipinski definition) is 8. The normalized spacial score (nSPS) is 25.8. The van der Waals surface area contributed by atoms with Gasteiger partial charge in [-0.3, -0.25) is 19.3 Å². The van der Waals surface area contributed by atoms with Gasteiger partial charge in [0.15, 0.2) is 11.4 Å². The van der Waals surface area contributed by atoms with Gasteiger partial charge in [-0.2, -0.15) is 0 Å². The van der Waals surface area contributed by atoms with Crippen molar-refractivity contribution in [2.24, 2.45) is 17.6 Å². The first-order valence-electron chi connectivity index (χ1n) is 15.2. The smallest absolute Gasteiger partial charge is 0.255 e. The number of aliphatic hydroxyl groups is 3. The molecule has 3 aliphatic carbocycles. The average molecular weight is 587 g/mol. The van der Waals surface area contributed by atoms with Crippen molar-refractivity contribution >= 4 is 23.2 Å². The molecule has 0 radical (unpaired) electrons. The van der Waals surface area contributed by atoms with Crippen molar-refractivity contribution < 1.29 is 34.8 Å². The second kappa shape index (κ2) is 11.0. The lowest BCUT2D eigenvalue weighted by atomic mass is 9.59. The van der Waals surface area contributed by atoms with E-state index >= 15 is 0 Å². The molecule has 0 aromatic heterocycles. The fourth-order valence-corrected chi connectivity index (χ4v) is 7.71. The molecule has 0 bridgehead atoms. The number of Topliss-reactive ketones (excluding diaryl/α,β-unsaturated/α-hetero) is 2. The van der Waals surface area contributed by atoms with E-state index in [2.05, 4.69) is 30.0 Å². The lowest BCUT2D eigenvalue weighted by molar-refractivity contribution is -0.147. The number of amides is 1. The molecule has 1 amide bonds. The zero-order valence-electron chi connectivity index (χ0n) is 24.4. The fourth-order valence-electron chi connectivity index (χ4n) is 7.71. The molecule has 1 saturated carbocycles. The number of likely N-dealkylation sites (tertiary alicyclic amines) is 1. The Balaban J connectivity index is 1.47. The van der Waals surface area contributed by atoms with E-state index < -0.39 is 52.0 Å². The Labute approximate surface area is 250 Å². The molecule has 1 aliphatic heterocycles. The van der Waals surface area contributed by atoms with Gasteiger partial charge in [-0.1, -0.05) is 38.0 Å². The third-order valence-corrected chi connectivity index (χ3v) is 9.79. The van der Waals surface area contributed by atoms with E-state index in [1.807, 2.05) is 6.07 Å². The lowest BCUT2D eigenvalue weighted by Crippen LogP contribution is -2.58. The number of phenols is 1. The van der Waals surface area contributed by atoms with Crippen LogP contribution < -0.4 is 5.73 Å². The quantitative estimate of drug-likeness (QED) is 0.317. The van der Waals surface area contributed by atoms with Gasteiger partial charge in [0.2, 0.25) is 5.78 Å². The van der Waals surface area contributed by atoms with Crippen LogP contribution in [0.25, 0.3) is 16.9 Å². The zero-order chi connectivity index (χ0) is 30.6. The summed E-state index contributed by atoms with van der Waals surface area (Å²) in [6, 6.07) is 9.88. The van der Waals surface area contributed by atoms with Crippen LogP contribution in [0.1, 0.15) is 67.7 Å². The maximum absolute atomic E-state index is 13.8. The molecule has 3 atom stereocenters. The van der Waals surface area contributed by atoms with Crippen LogP contribution in [0.2, 0.25) is 0 Å². The number of nitrogens with zero attached hydrogens (tertiary/aromatic N) is 1. The number of primary amides is 1. The number of nitrogens with two attached hydrogens (primary N) is 1. The molecule has 9 nitrogen and oxygen atoms in total. The predicted molar refractivity (Wildman–Crippen MR) is 160 cm³/mol. The molecule has 2 fully saturated rings. The Morgan fingerprint density at radius 1 is 1.02 bits per heavy atom. The standard InChI is InChI=1S/C34H38N2O7/c1-2-6-19-8-7-18(17-36-11-4-3-5-12-36)13-23(19)22-9-10-25(37)28-24(22)15-20-14-21-16-26(38)29(33(35)42)32(41)34(21,43)31(40)27(20)30(28)39/h7-10,13,20-21,37,39,41,43H,2-6,11-12,14-17H2,1H3,(H2,35,42)/t20-,21+,34+/m1/s1. The van der Waals surface area contributed by atoms with Crippen molar-refractivity contribution in [3.05, 3.63) is 69.5 Å². The Bertz CT molecular complexity index is 1600. The first-order chi connectivity index (χ1) is 20.6. The lowest BCUT2D eigenvalue weighted by Gasteiger charge is -2.46. The first kappa shape index (κ1) is 29.1. The molecule has 0 unspecified atom stereocenters. The maximum atomic E-state index is 13.8. The molecular weight excluding hydrogens is 548 g/mol. The molecule has 43 heavy (non-hydrogen) atoms. The number of carbonyl (C=O) groups excluding carboxylic acids is 3. The van der Waals surface area contributed by atoms with E-state index in [9.17, 15) is 34.8 Å². The number of fused-ring (bicyclic) bond motifs is 3. The number of ketones is 2. The van der Waals surface area contributed by atoms with Gasteiger partial charge < -0.3 is 26.2 Å². The third kappa shape index (κ3) is 4.66. The van der Waals surface area contributed by atoms with Crippen LogP contribution in [0, 0.1) is 11.8 Å². The maximum Gasteiger partial charge on any atom is 0.255 e. The molecule has 2 aromatic carbocycles. The van der Waals surface area contributed by atoms with E-state index in [0.717, 1.165) is 49.2 Å². The summed E-state index contributed by atoms with van der Waals surface area (Å²) in [7, 11) is 0. The van der Waals surface area contributed by atoms with Crippen LogP contribution >= 0.6 is 0 Å². The van der Waals surface area contributed by atoms with Crippen LogP contribution in [0.3, 0.4) is 0 Å². The minimum atomic E-state index is -2.57. The van der Waals surface area contributed by atoms with Gasteiger partial charge in [-0.15, -0.1) is 0 Å². The summed E-state index contributed by atoms with van der Waals surface area (Å²) in [5.41, 5.74) is 6.81. The largest absolute Gasteiger partial charge is 0.508 e. The number of phenolic OH excluding ortho intramolecular Hbond substituents is 1. The molecule has 2 aromatic rings. The highest BCUT2D eigenvalue weighted by Gasteiger charge is 2.60. The van der Waals surface area contributed by atoms with Gasteiger partial charge in [0.25, 0.3) is 5.91 Å². The highest BCUT2D eigenvalue weighted by Crippen LogP contribution is 2.53. The van der Waals surface area contributed by atoms with E-state index in [4.69, 9.17) is 5.73 Å². The number of aliphatic hydroxyl groups excluding tert-OH is 2. The summed E-state index contributed by atoms with van der Waals surface area (Å²) in [5, 5.41) is 44.9. The number of aromatic hydroxyl groups is 1. The Morgan fingerprint density at radius 2 is 1.77 bits per heavy atom. The van der Waals surface area contributed by atoms with Gasteiger partial charge in [-0.05, 0) is 91.1 Å². The summed E-state index contributed by atoms with van der Waals surface area (Å²) < 4.78 is 0. The summed E-state index contributed by atoms with van der Waals surface area (Å²) in [4.78, 5) is 40.9. The van der Waals surface area contributed by atoms with Gasteiger partial charge >= 0.3 is 0 Å². The number of rotatable bonds is 6. The Hall–Kier alpha value is -3.95. The van der Waals surface area contributed by atoms with Crippen molar-refractivity contribution in [2.45, 2.75) is 70.4 Å². The van der Waals surface area contributed by atoms with Crippen LogP contribution in [-0.4, -0.2) is 61.5 Å². The number of benzene rings is 2.